The third-order valence-electron chi connectivity index (χ3n) is 1.88. The molecule has 0 nitrogen and oxygen atoms in total. The van der Waals surface area contributed by atoms with Crippen molar-refractivity contribution in [1.29, 1.82) is 0 Å². The molecule has 0 aromatic heterocycles. The van der Waals surface area contributed by atoms with E-state index in [0.717, 1.165) is 0 Å². The van der Waals surface area contributed by atoms with Gasteiger partial charge in [0.05, 0.1) is 0 Å². The van der Waals surface area contributed by atoms with Gasteiger partial charge in [-0.15, -0.1) is 0 Å². The van der Waals surface area contributed by atoms with E-state index in [-0.39, 0.29) is 17.4 Å². The summed E-state index contributed by atoms with van der Waals surface area (Å²) in [6.45, 7) is 0. The van der Waals surface area contributed by atoms with Gasteiger partial charge in [-0.25, -0.2) is 0 Å². The molecule has 0 unspecified atom stereocenters. The van der Waals surface area contributed by atoms with E-state index in [1.807, 2.05) is 12.1 Å². The second kappa shape index (κ2) is 4.87. The summed E-state index contributed by atoms with van der Waals surface area (Å²) in [5.41, 5.74) is 2.55. The van der Waals surface area contributed by atoms with Crippen molar-refractivity contribution in [1.82, 2.24) is 0 Å². The molecule has 0 saturated carbocycles. The van der Waals surface area contributed by atoms with Gasteiger partial charge in [0.25, 0.3) is 0 Å². The van der Waals surface area contributed by atoms with Crippen molar-refractivity contribution >= 4 is 0 Å². The fraction of sp³-hybridized carbons (Fsp3) is 0. The standard InChI is InChI=1S/C12H10.Cr/c1-3-7-11(8-4-1)12-9-5-2-6-10-12;/h1-10H;. The molecule has 0 aliphatic heterocycles. The van der Waals surface area contributed by atoms with Crippen molar-refractivity contribution in [2.75, 3.05) is 0 Å². The van der Waals surface area contributed by atoms with Crippen molar-refractivity contribution in [2.24, 2.45) is 0 Å². The molecule has 13 heavy (non-hydrogen) atoms. The van der Waals surface area contributed by atoms with Gasteiger partial charge in [0.2, 0.25) is 0 Å². The van der Waals surface area contributed by atoms with Crippen molar-refractivity contribution in [2.45, 2.75) is 0 Å². The molecular weight excluding hydrogens is 196 g/mol. The van der Waals surface area contributed by atoms with Gasteiger partial charge in [-0.2, -0.15) is 0 Å². The molecule has 0 fully saturated rings. The molecule has 2 aromatic carbocycles. The summed E-state index contributed by atoms with van der Waals surface area (Å²) in [6.07, 6.45) is 0. The molecule has 64 valence electrons. The summed E-state index contributed by atoms with van der Waals surface area (Å²) in [4.78, 5) is 0. The Hall–Kier alpha value is -1.03. The van der Waals surface area contributed by atoms with Gasteiger partial charge in [0.1, 0.15) is 0 Å². The minimum Gasteiger partial charge on any atom is -0.0622 e. The van der Waals surface area contributed by atoms with Crippen LogP contribution in [0.25, 0.3) is 11.1 Å². The average molecular weight is 206 g/mol. The number of hydrogen-bond donors (Lipinski definition) is 0. The van der Waals surface area contributed by atoms with Crippen LogP contribution in [-0.4, -0.2) is 0 Å². The molecule has 1 heteroatoms. The summed E-state index contributed by atoms with van der Waals surface area (Å²) in [6, 6.07) is 20.8. The van der Waals surface area contributed by atoms with E-state index < -0.39 is 0 Å². The van der Waals surface area contributed by atoms with Gasteiger partial charge in [-0.05, 0) is 11.1 Å². The van der Waals surface area contributed by atoms with Crippen molar-refractivity contribution < 1.29 is 17.4 Å². The molecule has 0 amide bonds. The molecule has 0 bridgehead atoms. The second-order valence-electron chi connectivity index (χ2n) is 2.73. The van der Waals surface area contributed by atoms with Crippen LogP contribution < -0.4 is 0 Å². The summed E-state index contributed by atoms with van der Waals surface area (Å²) >= 11 is 0. The topological polar surface area (TPSA) is 0 Å². The first-order valence-electron chi connectivity index (χ1n) is 4.07. The molecule has 0 aliphatic carbocycles. The zero-order chi connectivity index (χ0) is 8.23. The van der Waals surface area contributed by atoms with E-state index in [1.165, 1.54) is 11.1 Å². The molecule has 0 N–H and O–H groups in total. The van der Waals surface area contributed by atoms with Gasteiger partial charge in [-0.3, -0.25) is 0 Å². The van der Waals surface area contributed by atoms with E-state index in [9.17, 15) is 0 Å². The maximum atomic E-state index is 2.12. The van der Waals surface area contributed by atoms with Gasteiger partial charge < -0.3 is 0 Å². The first kappa shape index (κ1) is 10.1. The molecule has 0 spiro atoms. The van der Waals surface area contributed by atoms with Gasteiger partial charge >= 0.3 is 0 Å². The third-order valence-corrected chi connectivity index (χ3v) is 1.88. The summed E-state index contributed by atoms with van der Waals surface area (Å²) in [5, 5.41) is 0. The molecule has 0 aliphatic rings. The van der Waals surface area contributed by atoms with Crippen LogP contribution in [0.5, 0.6) is 0 Å². The van der Waals surface area contributed by atoms with Gasteiger partial charge in [-0.1, -0.05) is 60.7 Å². The summed E-state index contributed by atoms with van der Waals surface area (Å²) in [7, 11) is 0. The van der Waals surface area contributed by atoms with Crippen LogP contribution in [-0.2, 0) is 17.4 Å². The largest absolute Gasteiger partial charge is 0.0622 e. The van der Waals surface area contributed by atoms with E-state index in [1.54, 1.807) is 0 Å². The minimum absolute atomic E-state index is 0. The van der Waals surface area contributed by atoms with Crippen molar-refractivity contribution in [3.05, 3.63) is 60.7 Å². The molecule has 0 heterocycles. The van der Waals surface area contributed by atoms with Gasteiger partial charge in [0, 0.05) is 17.4 Å². The zero-order valence-corrected chi connectivity index (χ0v) is 8.46. The maximum Gasteiger partial charge on any atom is 0 e. The molecule has 0 saturated heterocycles. The summed E-state index contributed by atoms with van der Waals surface area (Å²) in [5.74, 6) is 0. The Morgan fingerprint density at radius 3 is 1.08 bits per heavy atom. The van der Waals surface area contributed by atoms with E-state index in [2.05, 4.69) is 48.5 Å². The minimum atomic E-state index is 0. The first-order valence-corrected chi connectivity index (χ1v) is 4.07. The fourth-order valence-corrected chi connectivity index (χ4v) is 1.26. The molecule has 2 rings (SSSR count). The number of rotatable bonds is 1. The van der Waals surface area contributed by atoms with Gasteiger partial charge in [0.15, 0.2) is 0 Å². The monoisotopic (exact) mass is 206 g/mol. The number of benzene rings is 2. The van der Waals surface area contributed by atoms with Crippen molar-refractivity contribution in [3.63, 3.8) is 0 Å². The Balaban J connectivity index is 0.000000845. The van der Waals surface area contributed by atoms with Crippen LogP contribution in [0.1, 0.15) is 0 Å². The second-order valence-corrected chi connectivity index (χ2v) is 2.73. The Labute approximate surface area is 89.4 Å². The quantitative estimate of drug-likeness (QED) is 0.671. The van der Waals surface area contributed by atoms with Crippen LogP contribution in [0.3, 0.4) is 0 Å². The first-order chi connectivity index (χ1) is 5.97. The SMILES string of the molecule is [Cr].c1ccc(-c2ccccc2)cc1. The van der Waals surface area contributed by atoms with Crippen LogP contribution in [0.15, 0.2) is 60.7 Å². The molecule has 2 aromatic rings. The van der Waals surface area contributed by atoms with Crippen LogP contribution in [0.2, 0.25) is 0 Å². The Kier molecular flexibility index (Phi) is 3.77. The zero-order valence-electron chi connectivity index (χ0n) is 7.18. The molecule has 0 radical (unpaired) electrons. The number of hydrogen-bond acceptors (Lipinski definition) is 0. The van der Waals surface area contributed by atoms with Crippen LogP contribution in [0.4, 0.5) is 0 Å². The predicted molar refractivity (Wildman–Crippen MR) is 51.9 cm³/mol. The van der Waals surface area contributed by atoms with Crippen LogP contribution in [0, 0.1) is 0 Å². The summed E-state index contributed by atoms with van der Waals surface area (Å²) < 4.78 is 0. The smallest absolute Gasteiger partial charge is 0 e. The maximum absolute atomic E-state index is 2.12. The Morgan fingerprint density at radius 1 is 0.462 bits per heavy atom. The predicted octanol–water partition coefficient (Wildman–Crippen LogP) is 3.35. The average Bonchev–Trinajstić information content (AvgIpc) is 2.21. The normalized spacial score (nSPS) is 8.92. The van der Waals surface area contributed by atoms with Crippen LogP contribution >= 0.6 is 0 Å². The Morgan fingerprint density at radius 2 is 0.769 bits per heavy atom. The van der Waals surface area contributed by atoms with Crippen molar-refractivity contribution in [3.8, 4) is 11.1 Å². The third kappa shape index (κ3) is 2.45. The van der Waals surface area contributed by atoms with E-state index >= 15 is 0 Å². The van der Waals surface area contributed by atoms with E-state index in [0.29, 0.717) is 0 Å². The molecular formula is C12H10Cr. The molecule has 0 atom stereocenters. The Bertz CT molecular complexity index is 303. The van der Waals surface area contributed by atoms with E-state index in [4.69, 9.17) is 0 Å². The fourth-order valence-electron chi connectivity index (χ4n) is 1.26.